The first-order valence-corrected chi connectivity index (χ1v) is 10.9. The zero-order chi connectivity index (χ0) is 19.3. The third-order valence-corrected chi connectivity index (χ3v) is 6.00. The van der Waals surface area contributed by atoms with Crippen LogP contribution in [0.2, 0.25) is 0 Å². The van der Waals surface area contributed by atoms with Crippen LogP contribution in [0.1, 0.15) is 41.2 Å². The third kappa shape index (κ3) is 5.36. The van der Waals surface area contributed by atoms with Crippen LogP contribution in [0.25, 0.3) is 0 Å². The maximum absolute atomic E-state index is 12.2. The van der Waals surface area contributed by atoms with Gasteiger partial charge >= 0.3 is 0 Å². The standard InChI is InChI=1S/C18H25N5O3S/c1-27(25,26)23-12-2-5-16(14-23)17-7-6-15(13-20-17)18(24)19-8-3-10-22-11-4-9-21-22/h4,6-7,9,11,13,16H,2-3,5,8,10,12,14H2,1H3,(H,19,24). The van der Waals surface area contributed by atoms with Crippen LogP contribution in [0.4, 0.5) is 0 Å². The van der Waals surface area contributed by atoms with E-state index in [4.69, 9.17) is 0 Å². The molecular formula is C18H25N5O3S. The van der Waals surface area contributed by atoms with Gasteiger partial charge in [0.2, 0.25) is 10.0 Å². The molecule has 27 heavy (non-hydrogen) atoms. The molecule has 0 saturated carbocycles. The van der Waals surface area contributed by atoms with Crippen LogP contribution in [0.15, 0.2) is 36.8 Å². The summed E-state index contributed by atoms with van der Waals surface area (Å²) in [7, 11) is -3.18. The fourth-order valence-electron chi connectivity index (χ4n) is 3.24. The molecule has 2 aromatic rings. The topological polar surface area (TPSA) is 97.2 Å². The second kappa shape index (κ2) is 8.62. The van der Waals surface area contributed by atoms with Gasteiger partial charge in [-0.3, -0.25) is 14.5 Å². The lowest BCUT2D eigenvalue weighted by Crippen LogP contribution is -2.38. The highest BCUT2D eigenvalue weighted by molar-refractivity contribution is 7.88. The maximum atomic E-state index is 12.2. The van der Waals surface area contributed by atoms with Gasteiger partial charge in [0, 0.05) is 56.4 Å². The first-order chi connectivity index (χ1) is 12.9. The molecule has 1 saturated heterocycles. The molecule has 0 bridgehead atoms. The summed E-state index contributed by atoms with van der Waals surface area (Å²) in [6, 6.07) is 5.45. The number of aryl methyl sites for hydroxylation is 1. The second-order valence-corrected chi connectivity index (χ2v) is 8.79. The number of nitrogens with zero attached hydrogens (tertiary/aromatic N) is 4. The molecule has 1 N–H and O–H groups in total. The first kappa shape index (κ1) is 19.5. The van der Waals surface area contributed by atoms with Crippen LogP contribution in [-0.4, -0.2) is 59.3 Å². The molecule has 1 atom stereocenters. The maximum Gasteiger partial charge on any atom is 0.252 e. The summed E-state index contributed by atoms with van der Waals surface area (Å²) in [5.41, 5.74) is 1.34. The highest BCUT2D eigenvalue weighted by atomic mass is 32.2. The van der Waals surface area contributed by atoms with Gasteiger partial charge in [-0.05, 0) is 37.5 Å². The Bertz CT molecular complexity index is 850. The van der Waals surface area contributed by atoms with Crippen molar-refractivity contribution in [2.75, 3.05) is 25.9 Å². The number of hydrogen-bond donors (Lipinski definition) is 1. The van der Waals surface area contributed by atoms with Gasteiger partial charge in [0.15, 0.2) is 0 Å². The molecule has 1 amide bonds. The molecular weight excluding hydrogens is 366 g/mol. The lowest BCUT2D eigenvalue weighted by atomic mass is 9.95. The van der Waals surface area contributed by atoms with Crippen molar-refractivity contribution < 1.29 is 13.2 Å². The Morgan fingerprint density at radius 1 is 1.37 bits per heavy atom. The van der Waals surface area contributed by atoms with Crippen molar-refractivity contribution in [1.82, 2.24) is 24.4 Å². The average Bonchev–Trinajstić information content (AvgIpc) is 3.18. The van der Waals surface area contributed by atoms with Crippen LogP contribution >= 0.6 is 0 Å². The lowest BCUT2D eigenvalue weighted by molar-refractivity contribution is 0.0952. The van der Waals surface area contributed by atoms with E-state index in [9.17, 15) is 13.2 Å². The largest absolute Gasteiger partial charge is 0.352 e. The Morgan fingerprint density at radius 3 is 2.89 bits per heavy atom. The summed E-state index contributed by atoms with van der Waals surface area (Å²) in [4.78, 5) is 16.6. The molecule has 8 nitrogen and oxygen atoms in total. The number of amides is 1. The molecule has 0 radical (unpaired) electrons. The van der Waals surface area contributed by atoms with Crippen molar-refractivity contribution in [1.29, 1.82) is 0 Å². The zero-order valence-corrected chi connectivity index (χ0v) is 16.2. The van der Waals surface area contributed by atoms with Crippen molar-refractivity contribution in [3.8, 4) is 0 Å². The monoisotopic (exact) mass is 391 g/mol. The number of rotatable bonds is 7. The van der Waals surface area contributed by atoms with Crippen LogP contribution in [0.5, 0.6) is 0 Å². The summed E-state index contributed by atoms with van der Waals surface area (Å²) in [6.07, 6.45) is 8.94. The van der Waals surface area contributed by atoms with Crippen molar-refractivity contribution in [3.63, 3.8) is 0 Å². The highest BCUT2D eigenvalue weighted by Gasteiger charge is 2.27. The minimum absolute atomic E-state index is 0.0691. The van der Waals surface area contributed by atoms with Crippen molar-refractivity contribution in [2.24, 2.45) is 0 Å². The Hall–Kier alpha value is -2.26. The minimum Gasteiger partial charge on any atom is -0.352 e. The molecule has 146 valence electrons. The third-order valence-electron chi connectivity index (χ3n) is 4.73. The van der Waals surface area contributed by atoms with Crippen molar-refractivity contribution in [3.05, 3.63) is 48.0 Å². The fourth-order valence-corrected chi connectivity index (χ4v) is 4.16. The number of piperidine rings is 1. The number of nitrogens with one attached hydrogen (secondary N) is 1. The van der Waals surface area contributed by atoms with E-state index in [1.807, 2.05) is 23.0 Å². The van der Waals surface area contributed by atoms with E-state index in [0.717, 1.165) is 31.5 Å². The average molecular weight is 391 g/mol. The smallest absolute Gasteiger partial charge is 0.252 e. The molecule has 0 aromatic carbocycles. The van der Waals surface area contributed by atoms with E-state index in [1.165, 1.54) is 10.6 Å². The molecule has 0 aliphatic carbocycles. The predicted molar refractivity (Wildman–Crippen MR) is 102 cm³/mol. The van der Waals surface area contributed by atoms with Crippen molar-refractivity contribution in [2.45, 2.75) is 31.7 Å². The van der Waals surface area contributed by atoms with E-state index < -0.39 is 10.0 Å². The summed E-state index contributed by atoms with van der Waals surface area (Å²) < 4.78 is 26.8. The summed E-state index contributed by atoms with van der Waals surface area (Å²) >= 11 is 0. The highest BCUT2D eigenvalue weighted by Crippen LogP contribution is 2.26. The summed E-state index contributed by atoms with van der Waals surface area (Å²) in [5, 5.41) is 7.00. The Kier molecular flexibility index (Phi) is 6.22. The van der Waals surface area contributed by atoms with Crippen LogP contribution in [0.3, 0.4) is 0 Å². The Morgan fingerprint density at radius 2 is 2.22 bits per heavy atom. The molecule has 1 fully saturated rings. The molecule has 0 spiro atoms. The van der Waals surface area contributed by atoms with Gasteiger partial charge in [0.05, 0.1) is 11.8 Å². The number of hydrogen-bond acceptors (Lipinski definition) is 5. The zero-order valence-electron chi connectivity index (χ0n) is 15.4. The summed E-state index contributed by atoms with van der Waals surface area (Å²) in [6.45, 7) is 2.33. The van der Waals surface area contributed by atoms with E-state index in [1.54, 1.807) is 18.5 Å². The van der Waals surface area contributed by atoms with Gasteiger partial charge in [-0.25, -0.2) is 12.7 Å². The number of pyridine rings is 1. The normalized spacial score (nSPS) is 18.3. The Balaban J connectivity index is 1.51. The van der Waals surface area contributed by atoms with E-state index in [0.29, 0.717) is 25.2 Å². The quantitative estimate of drug-likeness (QED) is 0.716. The minimum atomic E-state index is -3.18. The molecule has 1 aliphatic rings. The van der Waals surface area contributed by atoms with Gasteiger partial charge in [0.1, 0.15) is 0 Å². The Labute approximate surface area is 159 Å². The lowest BCUT2D eigenvalue weighted by Gasteiger charge is -2.30. The first-order valence-electron chi connectivity index (χ1n) is 9.10. The van der Waals surface area contributed by atoms with Gasteiger partial charge < -0.3 is 5.32 Å². The predicted octanol–water partition coefficient (Wildman–Crippen LogP) is 1.24. The SMILES string of the molecule is CS(=O)(=O)N1CCCC(c2ccc(C(=O)NCCCn3cccn3)cn2)C1. The molecule has 3 heterocycles. The van der Waals surface area contributed by atoms with E-state index >= 15 is 0 Å². The molecule has 9 heteroatoms. The molecule has 1 aliphatic heterocycles. The van der Waals surface area contributed by atoms with E-state index in [2.05, 4.69) is 15.4 Å². The van der Waals surface area contributed by atoms with Gasteiger partial charge in [-0.2, -0.15) is 5.10 Å². The van der Waals surface area contributed by atoms with Gasteiger partial charge in [-0.1, -0.05) is 0 Å². The number of sulfonamides is 1. The summed E-state index contributed by atoms with van der Waals surface area (Å²) in [5.74, 6) is -0.0874. The molecule has 2 aromatic heterocycles. The van der Waals surface area contributed by atoms with Crippen LogP contribution in [-0.2, 0) is 16.6 Å². The van der Waals surface area contributed by atoms with Gasteiger partial charge in [-0.15, -0.1) is 0 Å². The van der Waals surface area contributed by atoms with Gasteiger partial charge in [0.25, 0.3) is 5.91 Å². The second-order valence-electron chi connectivity index (χ2n) is 6.81. The van der Waals surface area contributed by atoms with Crippen LogP contribution in [0, 0.1) is 0 Å². The fraction of sp³-hybridized carbons (Fsp3) is 0.500. The van der Waals surface area contributed by atoms with Crippen LogP contribution < -0.4 is 5.32 Å². The van der Waals surface area contributed by atoms with Crippen molar-refractivity contribution >= 4 is 15.9 Å². The van der Waals surface area contributed by atoms with E-state index in [-0.39, 0.29) is 11.8 Å². The number of carbonyl (C=O) groups excluding carboxylic acids is 1. The number of aromatic nitrogens is 3. The number of carbonyl (C=O) groups is 1. The molecule has 1 unspecified atom stereocenters. The molecule has 3 rings (SSSR count).